The zero-order valence-electron chi connectivity index (χ0n) is 18.6. The predicted octanol–water partition coefficient (Wildman–Crippen LogP) is 6.08. The van der Waals surface area contributed by atoms with Gasteiger partial charge in [0.2, 0.25) is 0 Å². The number of aromatic nitrogens is 1. The molecule has 1 aromatic heterocycles. The van der Waals surface area contributed by atoms with Gasteiger partial charge in [-0.05, 0) is 79.8 Å². The minimum absolute atomic E-state index is 0.0674. The van der Waals surface area contributed by atoms with E-state index in [-0.39, 0.29) is 11.5 Å². The number of rotatable bonds is 6. The average molecular weight is 428 g/mol. The molecule has 3 aromatic rings. The van der Waals surface area contributed by atoms with Gasteiger partial charge < -0.3 is 9.67 Å². The summed E-state index contributed by atoms with van der Waals surface area (Å²) >= 11 is 0. The third-order valence-electron chi connectivity index (χ3n) is 7.18. The van der Waals surface area contributed by atoms with Crippen LogP contribution >= 0.6 is 0 Å². The van der Waals surface area contributed by atoms with Crippen LogP contribution < -0.4 is 0 Å². The van der Waals surface area contributed by atoms with E-state index in [4.69, 9.17) is 0 Å². The predicted molar refractivity (Wildman–Crippen MR) is 127 cm³/mol. The van der Waals surface area contributed by atoms with Crippen molar-refractivity contribution in [2.45, 2.75) is 58.4 Å². The van der Waals surface area contributed by atoms with Gasteiger partial charge in [0, 0.05) is 46.3 Å². The summed E-state index contributed by atoms with van der Waals surface area (Å²) in [7, 11) is 0. The number of hydrogen-bond acceptors (Lipinski definition) is 3. The Morgan fingerprint density at radius 2 is 1.72 bits per heavy atom. The highest BCUT2D eigenvalue weighted by Gasteiger charge is 2.25. The third kappa shape index (κ3) is 3.68. The molecule has 0 unspecified atom stereocenters. The highest BCUT2D eigenvalue weighted by Crippen LogP contribution is 2.36. The third-order valence-corrected chi connectivity index (χ3v) is 7.18. The van der Waals surface area contributed by atoms with E-state index in [0.717, 1.165) is 41.4 Å². The quantitative estimate of drug-likeness (QED) is 0.485. The molecule has 1 saturated carbocycles. The molecule has 0 radical (unpaired) electrons. The molecule has 0 spiro atoms. The molecular formula is C28H29NO3. The molecule has 0 aliphatic heterocycles. The van der Waals surface area contributed by atoms with Crippen LogP contribution in [0, 0.1) is 5.92 Å². The summed E-state index contributed by atoms with van der Waals surface area (Å²) in [6.07, 6.45) is 9.31. The van der Waals surface area contributed by atoms with Gasteiger partial charge in [0.15, 0.2) is 11.6 Å². The first kappa shape index (κ1) is 20.7. The summed E-state index contributed by atoms with van der Waals surface area (Å²) < 4.78 is 2.31. The summed E-state index contributed by atoms with van der Waals surface area (Å²) in [5, 5.41) is 10.6. The fourth-order valence-electron chi connectivity index (χ4n) is 5.47. The largest absolute Gasteiger partial charge is 0.508 e. The maximum absolute atomic E-state index is 13.1. The fourth-order valence-corrected chi connectivity index (χ4v) is 5.47. The molecule has 2 aliphatic carbocycles. The number of aryl methyl sites for hydroxylation is 1. The lowest BCUT2D eigenvalue weighted by Gasteiger charge is -2.17. The Balaban J connectivity index is 1.53. The number of carbonyl (C=O) groups excluding carboxylic acids is 2. The molecule has 4 nitrogen and oxygen atoms in total. The Kier molecular flexibility index (Phi) is 5.46. The lowest BCUT2D eigenvalue weighted by Crippen LogP contribution is -2.13. The van der Waals surface area contributed by atoms with Gasteiger partial charge in [-0.25, -0.2) is 0 Å². The SMILES string of the molecule is CCn1c2c(c3cc(C(=O)c4ccc(O)cc4)ccc31)C=C(C(=O)CC1CCCC1)CC2. The first-order valence-corrected chi connectivity index (χ1v) is 11.8. The van der Waals surface area contributed by atoms with E-state index in [1.165, 1.54) is 43.5 Å². The lowest BCUT2D eigenvalue weighted by atomic mass is 9.89. The van der Waals surface area contributed by atoms with Crippen LogP contribution in [-0.2, 0) is 17.8 Å². The van der Waals surface area contributed by atoms with E-state index in [1.54, 1.807) is 12.1 Å². The Hall–Kier alpha value is -3.14. The first-order valence-electron chi connectivity index (χ1n) is 11.8. The van der Waals surface area contributed by atoms with Crippen LogP contribution in [-0.4, -0.2) is 21.2 Å². The van der Waals surface area contributed by atoms with E-state index in [2.05, 4.69) is 17.6 Å². The monoisotopic (exact) mass is 427 g/mol. The molecule has 1 fully saturated rings. The van der Waals surface area contributed by atoms with Crippen molar-refractivity contribution >= 4 is 28.5 Å². The Morgan fingerprint density at radius 3 is 2.44 bits per heavy atom. The van der Waals surface area contributed by atoms with Gasteiger partial charge >= 0.3 is 0 Å². The van der Waals surface area contributed by atoms with E-state index in [1.807, 2.05) is 18.2 Å². The second-order valence-corrected chi connectivity index (χ2v) is 9.16. The molecule has 164 valence electrons. The maximum atomic E-state index is 13.1. The zero-order chi connectivity index (χ0) is 22.2. The number of fused-ring (bicyclic) bond motifs is 3. The lowest BCUT2D eigenvalue weighted by molar-refractivity contribution is -0.116. The van der Waals surface area contributed by atoms with Gasteiger partial charge in [-0.3, -0.25) is 9.59 Å². The molecule has 0 atom stereocenters. The molecule has 32 heavy (non-hydrogen) atoms. The highest BCUT2D eigenvalue weighted by molar-refractivity contribution is 6.12. The summed E-state index contributed by atoms with van der Waals surface area (Å²) in [5.74, 6) is 0.931. The van der Waals surface area contributed by atoms with Gasteiger partial charge in [0.25, 0.3) is 0 Å². The number of nitrogens with zero attached hydrogens (tertiary/aromatic N) is 1. The molecule has 1 heterocycles. The van der Waals surface area contributed by atoms with Gasteiger partial charge in [0.05, 0.1) is 0 Å². The molecule has 4 heteroatoms. The molecule has 2 aliphatic rings. The van der Waals surface area contributed by atoms with E-state index in [9.17, 15) is 14.7 Å². The van der Waals surface area contributed by atoms with Crippen LogP contribution in [0.3, 0.4) is 0 Å². The van der Waals surface area contributed by atoms with Gasteiger partial charge in [0.1, 0.15) is 5.75 Å². The number of hydrogen-bond donors (Lipinski definition) is 1. The van der Waals surface area contributed by atoms with Crippen molar-refractivity contribution in [2.24, 2.45) is 5.92 Å². The van der Waals surface area contributed by atoms with Crippen LogP contribution in [0.4, 0.5) is 0 Å². The molecular weight excluding hydrogens is 398 g/mol. The molecule has 0 bridgehead atoms. The summed E-state index contributed by atoms with van der Waals surface area (Å²) in [6.45, 7) is 3.00. The summed E-state index contributed by atoms with van der Waals surface area (Å²) in [6, 6.07) is 12.2. The van der Waals surface area contributed by atoms with E-state index in [0.29, 0.717) is 29.2 Å². The van der Waals surface area contributed by atoms with Crippen LogP contribution in [0.2, 0.25) is 0 Å². The van der Waals surface area contributed by atoms with Gasteiger partial charge in [-0.1, -0.05) is 25.7 Å². The van der Waals surface area contributed by atoms with Gasteiger partial charge in [-0.15, -0.1) is 0 Å². The number of allylic oxidation sites excluding steroid dienone is 1. The number of ketones is 2. The molecule has 5 rings (SSSR count). The van der Waals surface area contributed by atoms with Crippen molar-refractivity contribution in [3.8, 4) is 5.75 Å². The van der Waals surface area contributed by atoms with E-state index >= 15 is 0 Å². The number of benzene rings is 2. The first-order chi connectivity index (χ1) is 15.5. The minimum atomic E-state index is -0.0674. The molecule has 1 N–H and O–H groups in total. The number of phenols is 1. The Labute approximate surface area is 188 Å². The van der Waals surface area contributed by atoms with Crippen molar-refractivity contribution in [3.05, 3.63) is 70.4 Å². The van der Waals surface area contributed by atoms with Crippen LogP contribution in [0.1, 0.15) is 72.6 Å². The summed E-state index contributed by atoms with van der Waals surface area (Å²) in [5.41, 5.74) is 5.58. The van der Waals surface area contributed by atoms with Crippen molar-refractivity contribution in [1.82, 2.24) is 4.57 Å². The van der Waals surface area contributed by atoms with Crippen LogP contribution in [0.15, 0.2) is 48.0 Å². The van der Waals surface area contributed by atoms with Crippen molar-refractivity contribution in [1.29, 1.82) is 0 Å². The average Bonchev–Trinajstić information content (AvgIpc) is 3.43. The second-order valence-electron chi connectivity index (χ2n) is 9.16. The zero-order valence-corrected chi connectivity index (χ0v) is 18.6. The molecule has 0 amide bonds. The second kappa shape index (κ2) is 8.42. The normalized spacial score (nSPS) is 16.2. The number of Topliss-reactive ketones (excluding diaryl/α,β-unsaturated/α-hetero) is 1. The molecule has 0 saturated heterocycles. The van der Waals surface area contributed by atoms with Crippen LogP contribution in [0.25, 0.3) is 17.0 Å². The fraction of sp³-hybridized carbons (Fsp3) is 0.357. The minimum Gasteiger partial charge on any atom is -0.508 e. The van der Waals surface area contributed by atoms with Gasteiger partial charge in [-0.2, -0.15) is 0 Å². The van der Waals surface area contributed by atoms with Crippen molar-refractivity contribution in [3.63, 3.8) is 0 Å². The number of carbonyl (C=O) groups is 2. The topological polar surface area (TPSA) is 59.3 Å². The van der Waals surface area contributed by atoms with Crippen molar-refractivity contribution < 1.29 is 14.7 Å². The Bertz CT molecular complexity index is 1220. The molecule has 2 aromatic carbocycles. The highest BCUT2D eigenvalue weighted by atomic mass is 16.3. The Morgan fingerprint density at radius 1 is 1.00 bits per heavy atom. The standard InChI is InChI=1S/C28H29NO3/c1-2-29-25-13-9-20(27(31)15-18-5-3-4-6-18)16-23(25)24-17-21(10-14-26(24)29)28(32)19-7-11-22(30)12-8-19/h7-8,10-12,14,16-18,30H,2-6,9,13,15H2,1H3. The van der Waals surface area contributed by atoms with Crippen molar-refractivity contribution in [2.75, 3.05) is 0 Å². The maximum Gasteiger partial charge on any atom is 0.193 e. The van der Waals surface area contributed by atoms with E-state index < -0.39 is 0 Å². The smallest absolute Gasteiger partial charge is 0.193 e. The van der Waals surface area contributed by atoms with Crippen LogP contribution in [0.5, 0.6) is 5.75 Å². The number of aromatic hydroxyl groups is 1. The number of phenolic OH excluding ortho intramolecular Hbond substituents is 1. The summed E-state index contributed by atoms with van der Waals surface area (Å²) in [4.78, 5) is 26.1.